The summed E-state index contributed by atoms with van der Waals surface area (Å²) in [5, 5.41) is 12.8. The third-order valence-corrected chi connectivity index (χ3v) is 4.23. The lowest BCUT2D eigenvalue weighted by molar-refractivity contribution is 0.0748. The van der Waals surface area contributed by atoms with Crippen molar-refractivity contribution in [2.45, 2.75) is 19.4 Å². The van der Waals surface area contributed by atoms with E-state index in [1.165, 1.54) is 6.21 Å². The van der Waals surface area contributed by atoms with Gasteiger partial charge in [-0.1, -0.05) is 18.2 Å². The largest absolute Gasteiger partial charge is 0.339 e. The third kappa shape index (κ3) is 3.06. The molecule has 3 aromatic rings. The Hall–Kier alpha value is -2.95. The number of carbonyl (C=O) groups excluding carboxylic acids is 1. The zero-order valence-corrected chi connectivity index (χ0v) is 13.8. The molecule has 0 fully saturated rings. The van der Waals surface area contributed by atoms with E-state index in [2.05, 4.69) is 5.10 Å². The first-order valence-corrected chi connectivity index (χ1v) is 7.91. The molecule has 1 N–H and O–H groups in total. The molecular weight excluding hydrogens is 300 g/mol. The average Bonchev–Trinajstić information content (AvgIpc) is 3.05. The van der Waals surface area contributed by atoms with Gasteiger partial charge in [0.2, 0.25) is 0 Å². The van der Waals surface area contributed by atoms with Crippen molar-refractivity contribution >= 4 is 23.0 Å². The van der Waals surface area contributed by atoms with Crippen LogP contribution in [0, 0.1) is 5.41 Å². The molecular formula is C19H20N4O. The number of hydrogen-bond donors (Lipinski definition) is 1. The molecule has 0 spiro atoms. The summed E-state index contributed by atoms with van der Waals surface area (Å²) in [6, 6.07) is 15.4. The molecule has 2 aromatic carbocycles. The predicted octanol–water partition coefficient (Wildman–Crippen LogP) is 3.53. The van der Waals surface area contributed by atoms with Gasteiger partial charge in [-0.25, -0.2) is 4.68 Å². The fourth-order valence-electron chi connectivity index (χ4n) is 2.59. The molecule has 0 aliphatic carbocycles. The van der Waals surface area contributed by atoms with Gasteiger partial charge in [0.25, 0.3) is 5.91 Å². The quantitative estimate of drug-likeness (QED) is 0.731. The first-order valence-electron chi connectivity index (χ1n) is 7.91. The van der Waals surface area contributed by atoms with Crippen molar-refractivity contribution in [3.8, 4) is 5.69 Å². The van der Waals surface area contributed by atoms with Gasteiger partial charge in [0.15, 0.2) is 0 Å². The summed E-state index contributed by atoms with van der Waals surface area (Å²) in [5.41, 5.74) is 2.49. The van der Waals surface area contributed by atoms with E-state index >= 15 is 0 Å². The summed E-state index contributed by atoms with van der Waals surface area (Å²) >= 11 is 0. The van der Waals surface area contributed by atoms with Crippen LogP contribution >= 0.6 is 0 Å². The molecule has 0 unspecified atom stereocenters. The SMILES string of the molecule is C[C@H](CC=N)N(C)C(=O)c1ccc(-n2cc3ccccc3n2)cc1. The zero-order chi connectivity index (χ0) is 17.1. The van der Waals surface area contributed by atoms with Crippen LogP contribution in [0.5, 0.6) is 0 Å². The van der Waals surface area contributed by atoms with Crippen molar-refractivity contribution in [3.05, 3.63) is 60.3 Å². The minimum absolute atomic E-state index is 0.00564. The highest BCUT2D eigenvalue weighted by Crippen LogP contribution is 2.17. The zero-order valence-electron chi connectivity index (χ0n) is 13.8. The van der Waals surface area contributed by atoms with Crippen LogP contribution in [0.3, 0.4) is 0 Å². The standard InChI is InChI=1S/C19H20N4O/c1-14(11-12-20)22(2)19(24)15-7-9-17(10-8-15)23-13-16-5-3-4-6-18(16)21-23/h3-10,12-14,20H,11H2,1-2H3/t14-/m1/s1. The number of fused-ring (bicyclic) bond motifs is 1. The highest BCUT2D eigenvalue weighted by molar-refractivity contribution is 5.94. The van der Waals surface area contributed by atoms with Crippen molar-refractivity contribution in [1.29, 1.82) is 5.41 Å². The average molecular weight is 320 g/mol. The minimum Gasteiger partial charge on any atom is -0.339 e. The Morgan fingerprint density at radius 1 is 1.25 bits per heavy atom. The number of nitrogens with zero attached hydrogens (tertiary/aromatic N) is 3. The molecule has 0 saturated carbocycles. The number of amides is 1. The number of aromatic nitrogens is 2. The number of nitrogens with one attached hydrogen (secondary N) is 1. The van der Waals surface area contributed by atoms with Gasteiger partial charge >= 0.3 is 0 Å². The molecule has 1 aromatic heterocycles. The van der Waals surface area contributed by atoms with Crippen LogP contribution in [0.4, 0.5) is 0 Å². The number of hydrogen-bond acceptors (Lipinski definition) is 3. The van der Waals surface area contributed by atoms with Crippen LogP contribution in [-0.2, 0) is 0 Å². The lowest BCUT2D eigenvalue weighted by Gasteiger charge is -2.23. The molecule has 0 bridgehead atoms. The Labute approximate surface area is 141 Å². The second-order valence-electron chi connectivity index (χ2n) is 5.88. The summed E-state index contributed by atoms with van der Waals surface area (Å²) in [6.45, 7) is 1.94. The van der Waals surface area contributed by atoms with Crippen molar-refractivity contribution in [1.82, 2.24) is 14.7 Å². The van der Waals surface area contributed by atoms with E-state index in [1.54, 1.807) is 11.9 Å². The maximum atomic E-state index is 12.5. The topological polar surface area (TPSA) is 62.0 Å². The number of benzene rings is 2. The van der Waals surface area contributed by atoms with Crippen LogP contribution in [0.25, 0.3) is 16.6 Å². The fourth-order valence-corrected chi connectivity index (χ4v) is 2.59. The summed E-state index contributed by atoms with van der Waals surface area (Å²) in [7, 11) is 1.77. The van der Waals surface area contributed by atoms with Crippen molar-refractivity contribution < 1.29 is 4.79 Å². The van der Waals surface area contributed by atoms with E-state index in [9.17, 15) is 4.79 Å². The van der Waals surface area contributed by atoms with Crippen LogP contribution in [0.2, 0.25) is 0 Å². The molecule has 5 nitrogen and oxygen atoms in total. The van der Waals surface area contributed by atoms with Crippen LogP contribution in [-0.4, -0.2) is 39.9 Å². The van der Waals surface area contributed by atoms with E-state index < -0.39 is 0 Å². The third-order valence-electron chi connectivity index (χ3n) is 4.23. The lowest BCUT2D eigenvalue weighted by atomic mass is 10.1. The van der Waals surface area contributed by atoms with E-state index in [0.717, 1.165) is 16.6 Å². The molecule has 0 radical (unpaired) electrons. The summed E-state index contributed by atoms with van der Waals surface area (Å²) in [5.74, 6) is -0.0403. The maximum Gasteiger partial charge on any atom is 0.253 e. The monoisotopic (exact) mass is 320 g/mol. The van der Waals surface area contributed by atoms with Crippen molar-refractivity contribution in [3.63, 3.8) is 0 Å². The maximum absolute atomic E-state index is 12.5. The minimum atomic E-state index is -0.0403. The van der Waals surface area contributed by atoms with Crippen molar-refractivity contribution in [2.24, 2.45) is 0 Å². The Morgan fingerprint density at radius 3 is 2.62 bits per heavy atom. The van der Waals surface area contributed by atoms with Gasteiger partial charge in [-0.3, -0.25) is 4.79 Å². The van der Waals surface area contributed by atoms with Crippen molar-refractivity contribution in [2.75, 3.05) is 7.05 Å². The Morgan fingerprint density at radius 2 is 1.96 bits per heavy atom. The van der Waals surface area contributed by atoms with Gasteiger partial charge in [0, 0.05) is 36.7 Å². The molecule has 0 aliphatic heterocycles. The smallest absolute Gasteiger partial charge is 0.253 e. The Kier molecular flexibility index (Phi) is 4.42. The fraction of sp³-hybridized carbons (Fsp3) is 0.211. The molecule has 24 heavy (non-hydrogen) atoms. The van der Waals surface area contributed by atoms with Crippen LogP contribution in [0.1, 0.15) is 23.7 Å². The predicted molar refractivity (Wildman–Crippen MR) is 96.0 cm³/mol. The van der Waals surface area contributed by atoms with E-state index in [-0.39, 0.29) is 11.9 Å². The van der Waals surface area contributed by atoms with E-state index in [1.807, 2.05) is 66.3 Å². The summed E-state index contributed by atoms with van der Waals surface area (Å²) in [6.07, 6.45) is 3.87. The second kappa shape index (κ2) is 6.66. The highest BCUT2D eigenvalue weighted by Gasteiger charge is 2.16. The Balaban J connectivity index is 1.82. The van der Waals surface area contributed by atoms with E-state index in [4.69, 9.17) is 5.41 Å². The summed E-state index contributed by atoms with van der Waals surface area (Å²) in [4.78, 5) is 14.1. The van der Waals surface area contributed by atoms with Gasteiger partial charge in [0.05, 0.1) is 11.2 Å². The molecule has 0 saturated heterocycles. The molecule has 122 valence electrons. The summed E-state index contributed by atoms with van der Waals surface area (Å²) < 4.78 is 1.82. The Bertz CT molecular complexity index is 833. The van der Waals surface area contributed by atoms with Crippen LogP contribution in [0.15, 0.2) is 54.7 Å². The molecule has 0 aliphatic rings. The van der Waals surface area contributed by atoms with Gasteiger partial charge in [-0.15, -0.1) is 0 Å². The van der Waals surface area contributed by atoms with Gasteiger partial charge in [0.1, 0.15) is 0 Å². The van der Waals surface area contributed by atoms with Gasteiger partial charge in [-0.2, -0.15) is 5.10 Å². The first-order chi connectivity index (χ1) is 11.6. The molecule has 3 rings (SSSR count). The van der Waals surface area contributed by atoms with Gasteiger partial charge in [-0.05, 0) is 43.5 Å². The molecule has 1 atom stereocenters. The lowest BCUT2D eigenvalue weighted by Crippen LogP contribution is -2.35. The molecule has 1 heterocycles. The second-order valence-corrected chi connectivity index (χ2v) is 5.88. The number of rotatable bonds is 5. The van der Waals surface area contributed by atoms with E-state index in [0.29, 0.717) is 12.0 Å². The normalized spacial score (nSPS) is 12.1. The molecule has 1 amide bonds. The molecule has 5 heteroatoms. The highest BCUT2D eigenvalue weighted by atomic mass is 16.2. The number of carbonyl (C=O) groups is 1. The van der Waals surface area contributed by atoms with Crippen LogP contribution < -0.4 is 0 Å². The van der Waals surface area contributed by atoms with Gasteiger partial charge < -0.3 is 10.3 Å². The first kappa shape index (κ1) is 15.9.